The first-order valence-corrected chi connectivity index (χ1v) is 14.8. The van der Waals surface area contributed by atoms with Gasteiger partial charge in [-0.15, -0.1) is 0 Å². The van der Waals surface area contributed by atoms with Gasteiger partial charge in [-0.05, 0) is 79.3 Å². The molecule has 1 radical (unpaired) electrons. The van der Waals surface area contributed by atoms with Crippen molar-refractivity contribution in [3.63, 3.8) is 0 Å². The predicted octanol–water partition coefficient (Wildman–Crippen LogP) is 7.62. The van der Waals surface area contributed by atoms with Gasteiger partial charge in [0.1, 0.15) is 17.6 Å². The second-order valence-electron chi connectivity index (χ2n) is 10.8. The number of hydrogen-bond donors (Lipinski definition) is 2. The average molecular weight is 679 g/mol. The minimum Gasteiger partial charge on any atom is -0.378 e. The van der Waals surface area contributed by atoms with Gasteiger partial charge in [0, 0.05) is 62.7 Å². The van der Waals surface area contributed by atoms with Crippen LogP contribution in [0.1, 0.15) is 50.9 Å². The summed E-state index contributed by atoms with van der Waals surface area (Å²) in [5, 5.41) is 6.64. The van der Waals surface area contributed by atoms with E-state index in [9.17, 15) is 0 Å². The molecule has 4 aromatic carbocycles. The molecule has 6 aromatic rings. The van der Waals surface area contributed by atoms with Crippen molar-refractivity contribution in [1.82, 2.24) is 29.9 Å². The molecule has 0 saturated carbocycles. The van der Waals surface area contributed by atoms with Crippen LogP contribution in [0.25, 0.3) is 12.2 Å². The minimum atomic E-state index is 0. The van der Waals surface area contributed by atoms with Crippen LogP contribution < -0.4 is 10.6 Å². The number of anilines is 4. The molecule has 9 heteroatoms. The molecule has 46 heavy (non-hydrogen) atoms. The van der Waals surface area contributed by atoms with E-state index in [0.29, 0.717) is 36.4 Å². The molecule has 0 aliphatic carbocycles. The van der Waals surface area contributed by atoms with E-state index in [-0.39, 0.29) is 32.7 Å². The summed E-state index contributed by atoms with van der Waals surface area (Å²) in [6.45, 7) is 6.08. The van der Waals surface area contributed by atoms with Crippen LogP contribution in [0, 0.1) is 27.1 Å². The van der Waals surface area contributed by atoms with E-state index in [4.69, 9.17) is 0 Å². The second-order valence-corrected chi connectivity index (χ2v) is 10.8. The quantitative estimate of drug-likeness (QED) is 0.113. The molecule has 0 aliphatic heterocycles. The van der Waals surface area contributed by atoms with Crippen LogP contribution in [-0.2, 0) is 45.6 Å². The Morgan fingerprint density at radius 2 is 1.09 bits per heavy atom. The third-order valence-corrected chi connectivity index (χ3v) is 7.27. The average Bonchev–Trinajstić information content (AvgIpc) is 3.02. The van der Waals surface area contributed by atoms with Gasteiger partial charge < -0.3 is 25.6 Å². The zero-order valence-electron chi connectivity index (χ0n) is 26.1. The van der Waals surface area contributed by atoms with Crippen LogP contribution in [-0.4, -0.2) is 29.9 Å². The summed E-state index contributed by atoms with van der Waals surface area (Å²) in [6, 6.07) is 32.8. The maximum Gasteiger partial charge on any atom is 0.230 e. The zero-order valence-corrected chi connectivity index (χ0v) is 28.9. The van der Waals surface area contributed by atoms with Gasteiger partial charge in [0.05, 0.1) is 0 Å². The number of benzene rings is 4. The molecule has 0 saturated heterocycles. The van der Waals surface area contributed by atoms with Gasteiger partial charge >= 0.3 is 0 Å². The monoisotopic (exact) mass is 678 g/mol. The Labute approximate surface area is 294 Å². The molecule has 225 valence electrons. The van der Waals surface area contributed by atoms with E-state index in [2.05, 4.69) is 121 Å². The number of nitrogens with one attached hydrogen (secondary N) is 2. The number of hydrogen-bond acceptors (Lipinski definition) is 8. The topological polar surface area (TPSA) is 101 Å². The molecular weight excluding hydrogens is 645 g/mol. The molecule has 0 bridgehead atoms. The van der Waals surface area contributed by atoms with Gasteiger partial charge in [-0.1, -0.05) is 90.5 Å². The molecule has 8 nitrogen and oxygen atoms in total. The van der Waals surface area contributed by atoms with Crippen molar-refractivity contribution in [3.8, 4) is 0 Å². The normalized spacial score (nSPS) is 10.8. The minimum absolute atomic E-state index is 0. The molecule has 0 aliphatic rings. The maximum atomic E-state index is 4.65. The first-order chi connectivity index (χ1) is 22.0. The Morgan fingerprint density at radius 3 is 1.65 bits per heavy atom. The number of rotatable bonds is 10. The van der Waals surface area contributed by atoms with Crippen LogP contribution in [0.3, 0.4) is 0 Å². The summed E-state index contributed by atoms with van der Waals surface area (Å²) in [5.41, 5.74) is 8.66. The molecule has 2 aromatic heterocycles. The Balaban J connectivity index is 0.00000417. The van der Waals surface area contributed by atoms with Crippen LogP contribution in [0.2, 0.25) is 0 Å². The summed E-state index contributed by atoms with van der Waals surface area (Å²) in [6.07, 6.45) is 8.27. The molecule has 6 rings (SSSR count). The van der Waals surface area contributed by atoms with E-state index in [1.54, 1.807) is 0 Å². The third kappa shape index (κ3) is 8.96. The summed E-state index contributed by atoms with van der Waals surface area (Å²) in [5.74, 6) is 3.11. The molecule has 0 spiro atoms. The van der Waals surface area contributed by atoms with Crippen molar-refractivity contribution in [2.24, 2.45) is 0 Å². The van der Waals surface area contributed by atoms with Gasteiger partial charge in [-0.2, -0.15) is 9.97 Å². The first kappa shape index (κ1) is 32.7. The maximum absolute atomic E-state index is 4.65. The van der Waals surface area contributed by atoms with E-state index in [1.165, 1.54) is 0 Å². The fourth-order valence-electron chi connectivity index (χ4n) is 4.99. The largest absolute Gasteiger partial charge is 0.378 e. The van der Waals surface area contributed by atoms with Crippen LogP contribution in [0.15, 0.2) is 97.1 Å². The fourth-order valence-corrected chi connectivity index (χ4v) is 4.99. The van der Waals surface area contributed by atoms with Crippen molar-refractivity contribution in [1.29, 1.82) is 0 Å². The van der Waals surface area contributed by atoms with Gasteiger partial charge in [0.25, 0.3) is 0 Å². The van der Waals surface area contributed by atoms with Gasteiger partial charge in [-0.3, -0.25) is 0 Å². The van der Waals surface area contributed by atoms with Crippen molar-refractivity contribution < 1.29 is 32.7 Å². The predicted molar refractivity (Wildman–Crippen MR) is 180 cm³/mol. The van der Waals surface area contributed by atoms with Gasteiger partial charge in [0.2, 0.25) is 5.95 Å². The Hall–Kier alpha value is -4.66. The molecule has 0 atom stereocenters. The molecule has 2 N–H and O–H groups in total. The van der Waals surface area contributed by atoms with Crippen LogP contribution >= 0.6 is 0 Å². The molecule has 0 unspecified atom stereocenters. The fraction of sp³-hybridized carbons (Fsp3) is 0.135. The number of aryl methyl sites for hydroxylation is 3. The Bertz CT molecular complexity index is 1950. The molecular formula is C37H33N8Y-. The third-order valence-electron chi connectivity index (χ3n) is 7.27. The first-order valence-electron chi connectivity index (χ1n) is 14.8. The number of nitrogens with zero attached hydrogens (tertiary/aromatic N) is 6. The molecule has 0 amide bonds. The van der Waals surface area contributed by atoms with Gasteiger partial charge in [0.15, 0.2) is 0 Å². The summed E-state index contributed by atoms with van der Waals surface area (Å²) >= 11 is 0. The van der Waals surface area contributed by atoms with Crippen LogP contribution in [0.4, 0.5) is 23.3 Å². The van der Waals surface area contributed by atoms with Crippen molar-refractivity contribution >= 4 is 35.4 Å². The second kappa shape index (κ2) is 15.6. The van der Waals surface area contributed by atoms with Crippen molar-refractivity contribution in [2.75, 3.05) is 10.6 Å². The Morgan fingerprint density at radius 1 is 0.565 bits per heavy atom. The zero-order chi connectivity index (χ0) is 31.0. The SMILES string of the molecule is Cc1nc(Cc2ccccc2)nc(Nc2ccc(/C=C/c3ccc(Nc4n[c-]nc(Cc5ccccc5)n4)cc3C)c(C)c2)n1.[Y]. The molecule has 2 heterocycles. The molecule has 0 fully saturated rings. The standard InChI is InChI=1S/C37H33N8.Y/c1-25-20-32(42-36-39-24-38-34(44-36)22-28-10-6-4-7-11-28)18-16-30(25)14-15-31-17-19-33(21-26(31)2)43-37-41-27(3)40-35(45-37)23-29-12-8-5-9-13-29;/h4-21H,22-23H2,1-3H3,(H,38,39,42,44)(H,40,41,43,45);/q-1;/b15-14+;. The summed E-state index contributed by atoms with van der Waals surface area (Å²) in [4.78, 5) is 26.6. The van der Waals surface area contributed by atoms with Crippen molar-refractivity contribution in [2.45, 2.75) is 33.6 Å². The van der Waals surface area contributed by atoms with Crippen molar-refractivity contribution in [3.05, 3.63) is 154 Å². The van der Waals surface area contributed by atoms with Crippen LogP contribution in [0.5, 0.6) is 0 Å². The smallest absolute Gasteiger partial charge is 0.230 e. The van der Waals surface area contributed by atoms with E-state index in [1.807, 2.05) is 55.5 Å². The summed E-state index contributed by atoms with van der Waals surface area (Å²) in [7, 11) is 0. The summed E-state index contributed by atoms with van der Waals surface area (Å²) < 4.78 is 0. The van der Waals surface area contributed by atoms with E-state index >= 15 is 0 Å². The van der Waals surface area contributed by atoms with E-state index < -0.39 is 0 Å². The number of aromatic nitrogens is 6. The van der Waals surface area contributed by atoms with Gasteiger partial charge in [-0.25, -0.2) is 4.98 Å². The Kier molecular flexibility index (Phi) is 11.1. The van der Waals surface area contributed by atoms with E-state index in [0.717, 1.165) is 50.6 Å².